The second-order valence-electron chi connectivity index (χ2n) is 4.01. The first kappa shape index (κ1) is 13.6. The van der Waals surface area contributed by atoms with Crippen molar-refractivity contribution in [3.05, 3.63) is 24.3 Å². The van der Waals surface area contributed by atoms with Crippen LogP contribution >= 0.6 is 11.8 Å². The third-order valence-corrected chi connectivity index (χ3v) is 3.52. The minimum absolute atomic E-state index is 0.584. The van der Waals surface area contributed by atoms with Crippen LogP contribution in [0.4, 0.5) is 5.82 Å². The van der Waals surface area contributed by atoms with Gasteiger partial charge in [0.2, 0.25) is 0 Å². The highest BCUT2D eigenvalue weighted by Gasteiger charge is 2.06. The number of nitriles is 1. The van der Waals surface area contributed by atoms with E-state index in [1.165, 1.54) is 0 Å². The Bertz CT molecular complexity index is 592. The van der Waals surface area contributed by atoms with Crippen LogP contribution in [0, 0.1) is 11.3 Å². The molecule has 1 N–H and O–H groups in total. The lowest BCUT2D eigenvalue weighted by atomic mass is 10.2. The van der Waals surface area contributed by atoms with Crippen LogP contribution in [0.3, 0.4) is 0 Å². The Morgan fingerprint density at radius 1 is 1.32 bits per heavy atom. The smallest absolute Gasteiger partial charge is 0.190 e. The Morgan fingerprint density at radius 2 is 2.16 bits per heavy atom. The summed E-state index contributed by atoms with van der Waals surface area (Å²) >= 11 is 1.60. The summed E-state index contributed by atoms with van der Waals surface area (Å²) < 4.78 is 0. The second kappa shape index (κ2) is 6.95. The predicted molar refractivity (Wildman–Crippen MR) is 79.3 cm³/mol. The van der Waals surface area contributed by atoms with Gasteiger partial charge in [0, 0.05) is 24.1 Å². The lowest BCUT2D eigenvalue weighted by Gasteiger charge is -2.08. The Labute approximate surface area is 117 Å². The third-order valence-electron chi connectivity index (χ3n) is 2.59. The van der Waals surface area contributed by atoms with Crippen LogP contribution in [0.5, 0.6) is 0 Å². The summed E-state index contributed by atoms with van der Waals surface area (Å²) in [5.41, 5.74) is 0.955. The number of para-hydroxylation sites is 1. The van der Waals surface area contributed by atoms with Crippen LogP contribution in [-0.4, -0.2) is 22.3 Å². The highest BCUT2D eigenvalue weighted by molar-refractivity contribution is 7.99. The maximum absolute atomic E-state index is 8.52. The molecular weight excluding hydrogens is 256 g/mol. The van der Waals surface area contributed by atoms with E-state index in [-0.39, 0.29) is 0 Å². The number of nitrogens with zero attached hydrogens (tertiary/aromatic N) is 3. The summed E-state index contributed by atoms with van der Waals surface area (Å²) in [7, 11) is 0. The van der Waals surface area contributed by atoms with Gasteiger partial charge in [0.1, 0.15) is 5.82 Å². The molecule has 0 bridgehead atoms. The maximum atomic E-state index is 8.52. The number of hydrogen-bond donors (Lipinski definition) is 1. The standard InChI is InChI=1S/C14H16N4S/c1-2-16-13-11-7-3-4-8-12(11)17-14(18-13)19-10-6-5-9-15/h3-4,7-8H,2,5-6,10H2,1H3,(H,16,17,18). The Hall–Kier alpha value is -1.80. The molecule has 0 aliphatic carbocycles. The van der Waals surface area contributed by atoms with Crippen molar-refractivity contribution >= 4 is 28.5 Å². The van der Waals surface area contributed by atoms with Crippen molar-refractivity contribution < 1.29 is 0 Å². The van der Waals surface area contributed by atoms with Gasteiger partial charge in [-0.1, -0.05) is 23.9 Å². The highest BCUT2D eigenvalue weighted by Crippen LogP contribution is 2.24. The van der Waals surface area contributed by atoms with E-state index in [1.54, 1.807) is 11.8 Å². The van der Waals surface area contributed by atoms with Gasteiger partial charge in [0.05, 0.1) is 11.6 Å². The molecule has 5 heteroatoms. The van der Waals surface area contributed by atoms with Gasteiger partial charge in [-0.25, -0.2) is 9.97 Å². The Morgan fingerprint density at radius 3 is 2.95 bits per heavy atom. The van der Waals surface area contributed by atoms with Crippen molar-refractivity contribution in [1.29, 1.82) is 5.26 Å². The summed E-state index contributed by atoms with van der Waals surface area (Å²) in [5, 5.41) is 13.6. The Kier molecular flexibility index (Phi) is 4.99. The zero-order chi connectivity index (χ0) is 13.5. The van der Waals surface area contributed by atoms with Crippen LogP contribution < -0.4 is 5.32 Å². The number of fused-ring (bicyclic) bond motifs is 1. The molecule has 1 heterocycles. The van der Waals surface area contributed by atoms with Gasteiger partial charge in [0.15, 0.2) is 5.16 Å². The Balaban J connectivity index is 2.22. The van der Waals surface area contributed by atoms with Crippen LogP contribution in [0.1, 0.15) is 19.8 Å². The molecule has 0 amide bonds. The van der Waals surface area contributed by atoms with Crippen molar-refractivity contribution in [3.8, 4) is 6.07 Å². The van der Waals surface area contributed by atoms with Crippen molar-refractivity contribution in [2.75, 3.05) is 17.6 Å². The van der Waals surface area contributed by atoms with E-state index in [0.29, 0.717) is 6.42 Å². The van der Waals surface area contributed by atoms with Crippen molar-refractivity contribution in [3.63, 3.8) is 0 Å². The van der Waals surface area contributed by atoms with Gasteiger partial charge in [-0.15, -0.1) is 0 Å². The largest absolute Gasteiger partial charge is 0.370 e. The summed E-state index contributed by atoms with van der Waals surface area (Å²) in [4.78, 5) is 9.09. The van der Waals surface area contributed by atoms with Crippen LogP contribution in [0.25, 0.3) is 10.9 Å². The predicted octanol–water partition coefficient (Wildman–Crippen LogP) is 3.46. The summed E-state index contributed by atoms with van der Waals surface area (Å²) in [6, 6.07) is 10.1. The molecule has 0 unspecified atom stereocenters. The van der Waals surface area contributed by atoms with E-state index in [2.05, 4.69) is 28.3 Å². The van der Waals surface area contributed by atoms with Crippen LogP contribution in [0.15, 0.2) is 29.4 Å². The van der Waals surface area contributed by atoms with E-state index in [1.807, 2.05) is 24.3 Å². The minimum atomic E-state index is 0.584. The van der Waals surface area contributed by atoms with Crippen LogP contribution in [0.2, 0.25) is 0 Å². The monoisotopic (exact) mass is 272 g/mol. The molecule has 98 valence electrons. The lowest BCUT2D eigenvalue weighted by molar-refractivity contribution is 0.957. The molecule has 0 saturated heterocycles. The normalized spacial score (nSPS) is 10.3. The first-order chi connectivity index (χ1) is 9.35. The van der Waals surface area contributed by atoms with E-state index >= 15 is 0 Å². The van der Waals surface area contributed by atoms with Gasteiger partial charge in [0.25, 0.3) is 0 Å². The van der Waals surface area contributed by atoms with Gasteiger partial charge in [-0.2, -0.15) is 5.26 Å². The highest BCUT2D eigenvalue weighted by atomic mass is 32.2. The molecule has 0 atom stereocenters. The first-order valence-corrected chi connectivity index (χ1v) is 7.34. The van der Waals surface area contributed by atoms with E-state index in [9.17, 15) is 0 Å². The topological polar surface area (TPSA) is 61.6 Å². The molecular formula is C14H16N4S. The molecule has 1 aromatic carbocycles. The van der Waals surface area contributed by atoms with E-state index in [4.69, 9.17) is 5.26 Å². The van der Waals surface area contributed by atoms with Crippen LogP contribution in [-0.2, 0) is 0 Å². The molecule has 2 aromatic rings. The van der Waals surface area contributed by atoms with Gasteiger partial charge < -0.3 is 5.32 Å². The SMILES string of the molecule is CCNc1nc(SCCCC#N)nc2ccccc12. The molecule has 2 rings (SSSR count). The molecule has 0 aliphatic heterocycles. The number of rotatable bonds is 6. The molecule has 19 heavy (non-hydrogen) atoms. The molecule has 0 radical (unpaired) electrons. The quantitative estimate of drug-likeness (QED) is 0.495. The first-order valence-electron chi connectivity index (χ1n) is 6.35. The molecule has 0 saturated carbocycles. The zero-order valence-corrected chi connectivity index (χ0v) is 11.7. The number of benzene rings is 1. The van der Waals surface area contributed by atoms with Gasteiger partial charge in [-0.3, -0.25) is 0 Å². The molecule has 0 fully saturated rings. The number of anilines is 1. The fourth-order valence-corrected chi connectivity index (χ4v) is 2.53. The molecule has 0 spiro atoms. The second-order valence-corrected chi connectivity index (χ2v) is 5.07. The number of aromatic nitrogens is 2. The summed E-state index contributed by atoms with van der Waals surface area (Å²) in [6.45, 7) is 2.89. The molecule has 1 aromatic heterocycles. The number of hydrogen-bond acceptors (Lipinski definition) is 5. The van der Waals surface area contributed by atoms with Crippen molar-refractivity contribution in [2.45, 2.75) is 24.9 Å². The third kappa shape index (κ3) is 3.58. The van der Waals surface area contributed by atoms with Gasteiger partial charge >= 0.3 is 0 Å². The van der Waals surface area contributed by atoms with Gasteiger partial charge in [-0.05, 0) is 25.5 Å². The number of thioether (sulfide) groups is 1. The average Bonchev–Trinajstić information content (AvgIpc) is 2.44. The number of nitrogens with one attached hydrogen (secondary N) is 1. The molecule has 0 aliphatic rings. The molecule has 4 nitrogen and oxygen atoms in total. The maximum Gasteiger partial charge on any atom is 0.190 e. The minimum Gasteiger partial charge on any atom is -0.370 e. The zero-order valence-electron chi connectivity index (χ0n) is 10.9. The van der Waals surface area contributed by atoms with E-state index in [0.717, 1.165) is 40.6 Å². The van der Waals surface area contributed by atoms with Crippen molar-refractivity contribution in [1.82, 2.24) is 9.97 Å². The van der Waals surface area contributed by atoms with Crippen molar-refractivity contribution in [2.24, 2.45) is 0 Å². The van der Waals surface area contributed by atoms with E-state index < -0.39 is 0 Å². The number of unbranched alkanes of at least 4 members (excludes halogenated alkanes) is 1. The lowest BCUT2D eigenvalue weighted by Crippen LogP contribution is -2.02. The summed E-state index contributed by atoms with van der Waals surface area (Å²) in [6.07, 6.45) is 1.45. The fourth-order valence-electron chi connectivity index (χ4n) is 1.74. The average molecular weight is 272 g/mol. The summed E-state index contributed by atoms with van der Waals surface area (Å²) in [5.74, 6) is 1.76. The fraction of sp³-hybridized carbons (Fsp3) is 0.357.